The third-order valence-electron chi connectivity index (χ3n) is 4.10. The SMILES string of the molecule is CCn1c(SCC(=O)Nc2ccccc2F)nnc1C(C)Oc1cc(Cl)ccc1Cl. The Morgan fingerprint density at radius 2 is 2.03 bits per heavy atom. The van der Waals surface area contributed by atoms with Gasteiger partial charge in [0.05, 0.1) is 16.5 Å². The Labute approximate surface area is 187 Å². The van der Waals surface area contributed by atoms with Crippen molar-refractivity contribution in [3.8, 4) is 5.75 Å². The molecule has 10 heteroatoms. The number of nitrogens with one attached hydrogen (secondary N) is 1. The molecule has 2 aromatic carbocycles. The minimum Gasteiger partial charge on any atom is -0.481 e. The number of thioether (sulfide) groups is 1. The van der Waals surface area contributed by atoms with E-state index in [1.165, 1.54) is 23.9 Å². The van der Waals surface area contributed by atoms with Crippen molar-refractivity contribution in [1.82, 2.24) is 14.8 Å². The van der Waals surface area contributed by atoms with Crippen LogP contribution in [0.2, 0.25) is 10.0 Å². The predicted octanol–water partition coefficient (Wildman–Crippen LogP) is 5.61. The molecule has 0 bridgehead atoms. The molecule has 0 aliphatic carbocycles. The fraction of sp³-hybridized carbons (Fsp3) is 0.250. The maximum Gasteiger partial charge on any atom is 0.234 e. The lowest BCUT2D eigenvalue weighted by Crippen LogP contribution is -2.16. The number of hydrogen-bond donors (Lipinski definition) is 1. The third-order valence-corrected chi connectivity index (χ3v) is 5.62. The fourth-order valence-corrected chi connectivity index (χ4v) is 3.83. The van der Waals surface area contributed by atoms with Crippen LogP contribution in [0.25, 0.3) is 0 Å². The Balaban J connectivity index is 1.67. The highest BCUT2D eigenvalue weighted by Crippen LogP contribution is 2.32. The van der Waals surface area contributed by atoms with E-state index in [2.05, 4.69) is 15.5 Å². The normalized spacial score (nSPS) is 11.9. The Morgan fingerprint density at radius 1 is 1.27 bits per heavy atom. The Bertz CT molecular complexity index is 1050. The van der Waals surface area contributed by atoms with Gasteiger partial charge in [0.15, 0.2) is 17.1 Å². The van der Waals surface area contributed by atoms with Gasteiger partial charge in [-0.05, 0) is 38.1 Å². The molecule has 3 aromatic rings. The van der Waals surface area contributed by atoms with Gasteiger partial charge in [-0.2, -0.15) is 0 Å². The largest absolute Gasteiger partial charge is 0.481 e. The first kappa shape index (κ1) is 22.4. The van der Waals surface area contributed by atoms with Gasteiger partial charge in [-0.25, -0.2) is 4.39 Å². The first-order chi connectivity index (χ1) is 14.4. The number of amides is 1. The molecule has 0 fully saturated rings. The molecule has 30 heavy (non-hydrogen) atoms. The Morgan fingerprint density at radius 3 is 2.77 bits per heavy atom. The van der Waals surface area contributed by atoms with Crippen LogP contribution < -0.4 is 10.1 Å². The monoisotopic (exact) mass is 468 g/mol. The smallest absolute Gasteiger partial charge is 0.234 e. The van der Waals surface area contributed by atoms with Gasteiger partial charge in [0.25, 0.3) is 0 Å². The number of halogens is 3. The van der Waals surface area contributed by atoms with Crippen molar-refractivity contribution in [3.63, 3.8) is 0 Å². The number of carbonyl (C=O) groups excluding carboxylic acids is 1. The molecule has 1 aromatic heterocycles. The van der Waals surface area contributed by atoms with E-state index in [-0.39, 0.29) is 17.3 Å². The third kappa shape index (κ3) is 5.44. The second kappa shape index (κ2) is 10.1. The average molecular weight is 469 g/mol. The summed E-state index contributed by atoms with van der Waals surface area (Å²) in [5, 5.41) is 12.4. The number of hydrogen-bond acceptors (Lipinski definition) is 5. The summed E-state index contributed by atoms with van der Waals surface area (Å²) in [6.07, 6.45) is -0.449. The number of rotatable bonds is 8. The van der Waals surface area contributed by atoms with Crippen molar-refractivity contribution < 1.29 is 13.9 Å². The molecule has 1 unspecified atom stereocenters. The van der Waals surface area contributed by atoms with Gasteiger partial charge >= 0.3 is 0 Å². The van der Waals surface area contributed by atoms with E-state index >= 15 is 0 Å². The highest BCUT2D eigenvalue weighted by molar-refractivity contribution is 7.99. The Kier molecular flexibility index (Phi) is 7.58. The second-order valence-corrected chi connectivity index (χ2v) is 8.02. The zero-order valence-electron chi connectivity index (χ0n) is 16.2. The minimum absolute atomic E-state index is 0.0574. The number of para-hydroxylation sites is 1. The van der Waals surface area contributed by atoms with Crippen molar-refractivity contribution in [2.24, 2.45) is 0 Å². The van der Waals surface area contributed by atoms with Crippen LogP contribution in [0.15, 0.2) is 47.6 Å². The van der Waals surface area contributed by atoms with Gasteiger partial charge < -0.3 is 14.6 Å². The van der Waals surface area contributed by atoms with Crippen LogP contribution in [-0.2, 0) is 11.3 Å². The molecule has 0 radical (unpaired) electrons. The average Bonchev–Trinajstić information content (AvgIpc) is 3.14. The van der Waals surface area contributed by atoms with Crippen molar-refractivity contribution >= 4 is 46.6 Å². The maximum atomic E-state index is 13.7. The highest BCUT2D eigenvalue weighted by Gasteiger charge is 2.20. The van der Waals surface area contributed by atoms with E-state index in [0.717, 1.165) is 0 Å². The number of ether oxygens (including phenoxy) is 1. The number of benzene rings is 2. The summed E-state index contributed by atoms with van der Waals surface area (Å²) in [5.74, 6) is 0.265. The van der Waals surface area contributed by atoms with Crippen molar-refractivity contribution in [2.75, 3.05) is 11.1 Å². The molecule has 6 nitrogen and oxygen atoms in total. The molecule has 1 amide bonds. The fourth-order valence-electron chi connectivity index (χ4n) is 2.69. The lowest BCUT2D eigenvalue weighted by atomic mass is 10.3. The van der Waals surface area contributed by atoms with Gasteiger partial charge in [0, 0.05) is 17.6 Å². The first-order valence-corrected chi connectivity index (χ1v) is 10.8. The summed E-state index contributed by atoms with van der Waals surface area (Å²) in [6, 6.07) is 11.0. The molecule has 0 aliphatic heterocycles. The molecule has 1 N–H and O–H groups in total. The van der Waals surface area contributed by atoms with Crippen LogP contribution in [0, 0.1) is 5.82 Å². The molecule has 1 atom stereocenters. The van der Waals surface area contributed by atoms with Crippen molar-refractivity contribution in [1.29, 1.82) is 0 Å². The van der Waals surface area contributed by atoms with E-state index in [0.29, 0.717) is 33.3 Å². The van der Waals surface area contributed by atoms with E-state index in [9.17, 15) is 9.18 Å². The molecule has 1 heterocycles. The van der Waals surface area contributed by atoms with E-state index < -0.39 is 11.9 Å². The standard InChI is InChI=1S/C20H19Cl2FN4O2S/c1-3-27-19(12(2)29-17-10-13(21)8-9-14(17)22)25-26-20(27)30-11-18(28)24-16-7-5-4-6-15(16)23/h4-10,12H,3,11H2,1-2H3,(H,24,28). The maximum absolute atomic E-state index is 13.7. The van der Waals surface area contributed by atoms with Gasteiger partial charge in [-0.15, -0.1) is 10.2 Å². The molecule has 158 valence electrons. The first-order valence-electron chi connectivity index (χ1n) is 9.11. The topological polar surface area (TPSA) is 69.0 Å². The molecule has 0 saturated carbocycles. The molecule has 0 aliphatic rings. The van der Waals surface area contributed by atoms with Crippen molar-refractivity contribution in [3.05, 3.63) is 64.2 Å². The summed E-state index contributed by atoms with van der Waals surface area (Å²) in [4.78, 5) is 12.2. The summed E-state index contributed by atoms with van der Waals surface area (Å²) in [7, 11) is 0. The zero-order chi connectivity index (χ0) is 21.7. The van der Waals surface area contributed by atoms with E-state index in [1.807, 2.05) is 18.4 Å². The second-order valence-electron chi connectivity index (χ2n) is 6.24. The number of nitrogens with zero attached hydrogens (tertiary/aromatic N) is 3. The van der Waals surface area contributed by atoms with Crippen LogP contribution in [0.1, 0.15) is 25.8 Å². The minimum atomic E-state index is -0.486. The lowest BCUT2D eigenvalue weighted by molar-refractivity contribution is -0.113. The van der Waals surface area contributed by atoms with Crippen LogP contribution in [0.3, 0.4) is 0 Å². The molecule has 0 saturated heterocycles. The van der Waals surface area contributed by atoms with Gasteiger partial charge in [-0.1, -0.05) is 47.1 Å². The van der Waals surface area contributed by atoms with Crippen LogP contribution in [0.4, 0.5) is 10.1 Å². The number of aromatic nitrogens is 3. The van der Waals surface area contributed by atoms with Gasteiger partial charge in [0.1, 0.15) is 11.6 Å². The molecular formula is C20H19Cl2FN4O2S. The summed E-state index contributed by atoms with van der Waals surface area (Å²) in [5.41, 5.74) is 0.140. The molecule has 0 spiro atoms. The predicted molar refractivity (Wildman–Crippen MR) is 117 cm³/mol. The molecular weight excluding hydrogens is 450 g/mol. The summed E-state index contributed by atoms with van der Waals surface area (Å²) in [6.45, 7) is 4.35. The number of anilines is 1. The van der Waals surface area contributed by atoms with Gasteiger partial charge in [-0.3, -0.25) is 4.79 Å². The molecule has 3 rings (SSSR count). The summed E-state index contributed by atoms with van der Waals surface area (Å²) < 4.78 is 21.4. The summed E-state index contributed by atoms with van der Waals surface area (Å²) >= 11 is 13.4. The number of carbonyl (C=O) groups is 1. The highest BCUT2D eigenvalue weighted by atomic mass is 35.5. The van der Waals surface area contributed by atoms with Crippen LogP contribution >= 0.6 is 35.0 Å². The lowest BCUT2D eigenvalue weighted by Gasteiger charge is -2.16. The van der Waals surface area contributed by atoms with E-state index in [4.69, 9.17) is 27.9 Å². The van der Waals surface area contributed by atoms with Gasteiger partial charge in [0.2, 0.25) is 5.91 Å². The van der Waals surface area contributed by atoms with Crippen LogP contribution in [-0.4, -0.2) is 26.4 Å². The Hall–Kier alpha value is -2.29. The quantitative estimate of drug-likeness (QED) is 0.434. The van der Waals surface area contributed by atoms with Crippen molar-refractivity contribution in [2.45, 2.75) is 31.7 Å². The van der Waals surface area contributed by atoms with Crippen LogP contribution in [0.5, 0.6) is 5.75 Å². The zero-order valence-corrected chi connectivity index (χ0v) is 18.6. The van der Waals surface area contributed by atoms with E-state index in [1.54, 1.807) is 30.3 Å².